The first-order valence-electron chi connectivity index (χ1n) is 10.9. The molecule has 0 fully saturated rings. The molecule has 174 valence electrons. The summed E-state index contributed by atoms with van der Waals surface area (Å²) in [5.74, 6) is 0.606. The summed E-state index contributed by atoms with van der Waals surface area (Å²) >= 11 is 6.01. The highest BCUT2D eigenvalue weighted by Gasteiger charge is 2.26. The van der Waals surface area contributed by atoms with Gasteiger partial charge in [0.25, 0.3) is 0 Å². The number of carbonyl (C=O) groups excluding carboxylic acids is 2. The lowest BCUT2D eigenvalue weighted by Crippen LogP contribution is -2.30. The number of benzene rings is 1. The van der Waals surface area contributed by atoms with Crippen LogP contribution in [-0.2, 0) is 16.0 Å². The van der Waals surface area contributed by atoms with Gasteiger partial charge in [-0.25, -0.2) is 4.98 Å². The van der Waals surface area contributed by atoms with Crippen LogP contribution in [0.3, 0.4) is 0 Å². The summed E-state index contributed by atoms with van der Waals surface area (Å²) in [5.41, 5.74) is 1.64. The van der Waals surface area contributed by atoms with Gasteiger partial charge in [0, 0.05) is 27.1 Å². The van der Waals surface area contributed by atoms with E-state index < -0.39 is 10.8 Å². The zero-order chi connectivity index (χ0) is 24.3. The highest BCUT2D eigenvalue weighted by molar-refractivity contribution is 6.30. The van der Waals surface area contributed by atoms with Crippen molar-refractivity contribution >= 4 is 35.2 Å². The van der Waals surface area contributed by atoms with Crippen LogP contribution in [0.1, 0.15) is 77.6 Å². The van der Waals surface area contributed by atoms with Crippen LogP contribution in [0.4, 0.5) is 11.8 Å². The van der Waals surface area contributed by atoms with Crippen molar-refractivity contribution in [2.45, 2.75) is 74.1 Å². The molecule has 0 radical (unpaired) electrons. The molecule has 1 aromatic heterocycles. The minimum Gasteiger partial charge on any atom is -0.310 e. The first kappa shape index (κ1) is 25.8. The molecule has 7 heteroatoms. The Labute approximate surface area is 196 Å². The van der Waals surface area contributed by atoms with Crippen molar-refractivity contribution in [1.29, 1.82) is 0 Å². The fourth-order valence-corrected chi connectivity index (χ4v) is 3.08. The molecule has 0 spiro atoms. The molecule has 1 aromatic carbocycles. The molecule has 2 N–H and O–H groups in total. The number of aryl methyl sites for hydroxylation is 1. The van der Waals surface area contributed by atoms with Crippen LogP contribution in [0, 0.1) is 17.8 Å². The van der Waals surface area contributed by atoms with Crippen LogP contribution in [0.5, 0.6) is 0 Å². The topological polar surface area (TPSA) is 84.0 Å². The first-order chi connectivity index (χ1) is 14.7. The molecule has 1 unspecified atom stereocenters. The maximum absolute atomic E-state index is 12.7. The second kappa shape index (κ2) is 9.99. The standard InChI is InChI=1S/C25H35ClN4O2/c1-15(17-10-12-18(26)13-11-17)9-14-19-16(2)27-23(30-22(32)25(6,7)8)29-20(19)28-21(31)24(3,4)5/h10-13,15H,9,14H2,1-8H3,(H2,27,28,29,30,31,32). The maximum Gasteiger partial charge on any atom is 0.232 e. The lowest BCUT2D eigenvalue weighted by molar-refractivity contribution is -0.123. The maximum atomic E-state index is 12.7. The minimum atomic E-state index is -0.585. The van der Waals surface area contributed by atoms with Crippen LogP contribution in [0.2, 0.25) is 5.02 Å². The molecule has 6 nitrogen and oxygen atoms in total. The van der Waals surface area contributed by atoms with Crippen molar-refractivity contribution in [3.63, 3.8) is 0 Å². The van der Waals surface area contributed by atoms with E-state index in [1.165, 1.54) is 5.56 Å². The molecule has 0 aliphatic carbocycles. The summed E-state index contributed by atoms with van der Waals surface area (Å²) in [6, 6.07) is 7.85. The van der Waals surface area contributed by atoms with Crippen LogP contribution in [0.25, 0.3) is 0 Å². The third-order valence-corrected chi connectivity index (χ3v) is 5.55. The number of aromatic nitrogens is 2. The van der Waals surface area contributed by atoms with E-state index in [1.807, 2.05) is 72.7 Å². The van der Waals surface area contributed by atoms with E-state index >= 15 is 0 Å². The summed E-state index contributed by atoms with van der Waals surface area (Å²) in [6.07, 6.45) is 1.53. The van der Waals surface area contributed by atoms with Crippen molar-refractivity contribution < 1.29 is 9.59 Å². The van der Waals surface area contributed by atoms with E-state index in [4.69, 9.17) is 11.6 Å². The average molecular weight is 459 g/mol. The van der Waals surface area contributed by atoms with Crippen LogP contribution < -0.4 is 10.6 Å². The Balaban J connectivity index is 2.33. The van der Waals surface area contributed by atoms with E-state index in [0.29, 0.717) is 17.3 Å². The molecule has 1 heterocycles. The van der Waals surface area contributed by atoms with E-state index in [2.05, 4.69) is 27.5 Å². The largest absolute Gasteiger partial charge is 0.310 e. The van der Waals surface area contributed by atoms with Crippen molar-refractivity contribution in [1.82, 2.24) is 9.97 Å². The molecule has 1 atom stereocenters. The van der Waals surface area contributed by atoms with Crippen molar-refractivity contribution in [3.05, 3.63) is 46.1 Å². The number of nitrogens with zero attached hydrogens (tertiary/aromatic N) is 2. The molecule has 2 amide bonds. The van der Waals surface area contributed by atoms with Gasteiger partial charge in [0.2, 0.25) is 17.8 Å². The second-order valence-electron chi connectivity index (χ2n) is 10.4. The van der Waals surface area contributed by atoms with Gasteiger partial charge in [-0.2, -0.15) is 4.98 Å². The molecule has 0 aliphatic rings. The van der Waals surface area contributed by atoms with Crippen molar-refractivity contribution in [2.75, 3.05) is 10.6 Å². The van der Waals surface area contributed by atoms with E-state index in [0.717, 1.165) is 17.7 Å². The summed E-state index contributed by atoms with van der Waals surface area (Å²) in [4.78, 5) is 34.2. The smallest absolute Gasteiger partial charge is 0.232 e. The van der Waals surface area contributed by atoms with Gasteiger partial charge in [-0.05, 0) is 43.4 Å². The molecular weight excluding hydrogens is 424 g/mol. The fraction of sp³-hybridized carbons (Fsp3) is 0.520. The van der Waals surface area contributed by atoms with E-state index in [1.54, 1.807) is 0 Å². The summed E-state index contributed by atoms with van der Waals surface area (Å²) in [7, 11) is 0. The number of anilines is 2. The molecule has 2 rings (SSSR count). The van der Waals surface area contributed by atoms with Gasteiger partial charge in [-0.1, -0.05) is 72.2 Å². The SMILES string of the molecule is Cc1nc(NC(=O)C(C)(C)C)nc(NC(=O)C(C)(C)C)c1CCC(C)c1ccc(Cl)cc1. The Hall–Kier alpha value is -2.47. The Morgan fingerprint density at radius 1 is 0.938 bits per heavy atom. The van der Waals surface area contributed by atoms with Crippen LogP contribution >= 0.6 is 11.6 Å². The number of hydrogen-bond acceptors (Lipinski definition) is 4. The molecular formula is C25H35ClN4O2. The fourth-order valence-electron chi connectivity index (χ4n) is 2.96. The number of nitrogens with one attached hydrogen (secondary N) is 2. The van der Waals surface area contributed by atoms with Crippen molar-refractivity contribution in [2.24, 2.45) is 10.8 Å². The predicted molar refractivity (Wildman–Crippen MR) is 131 cm³/mol. The molecule has 0 saturated carbocycles. The van der Waals surface area contributed by atoms with Gasteiger partial charge in [-0.15, -0.1) is 0 Å². The Bertz CT molecular complexity index is 973. The quantitative estimate of drug-likeness (QED) is 0.544. The highest BCUT2D eigenvalue weighted by Crippen LogP contribution is 2.28. The number of halogens is 1. The molecule has 32 heavy (non-hydrogen) atoms. The second-order valence-corrected chi connectivity index (χ2v) is 10.8. The predicted octanol–water partition coefficient (Wildman–Crippen LogP) is 6.14. The first-order valence-corrected chi connectivity index (χ1v) is 11.3. The average Bonchev–Trinajstić information content (AvgIpc) is 2.66. The van der Waals surface area contributed by atoms with E-state index in [9.17, 15) is 9.59 Å². The molecule has 0 aliphatic heterocycles. The van der Waals surface area contributed by atoms with Gasteiger partial charge in [0.05, 0.1) is 0 Å². The number of hydrogen-bond donors (Lipinski definition) is 2. The van der Waals surface area contributed by atoms with Gasteiger partial charge >= 0.3 is 0 Å². The summed E-state index contributed by atoms with van der Waals surface area (Å²) < 4.78 is 0. The number of carbonyl (C=O) groups is 2. The van der Waals surface area contributed by atoms with Gasteiger partial charge in [0.15, 0.2) is 0 Å². The van der Waals surface area contributed by atoms with E-state index in [-0.39, 0.29) is 23.7 Å². The monoisotopic (exact) mass is 458 g/mol. The van der Waals surface area contributed by atoms with Crippen LogP contribution in [-0.4, -0.2) is 21.8 Å². The Morgan fingerprint density at radius 3 is 2.00 bits per heavy atom. The number of rotatable bonds is 6. The zero-order valence-corrected chi connectivity index (χ0v) is 21.1. The van der Waals surface area contributed by atoms with Crippen LogP contribution in [0.15, 0.2) is 24.3 Å². The third kappa shape index (κ3) is 7.02. The van der Waals surface area contributed by atoms with Gasteiger partial charge in [-0.3, -0.25) is 14.9 Å². The van der Waals surface area contributed by atoms with Crippen molar-refractivity contribution in [3.8, 4) is 0 Å². The summed E-state index contributed by atoms with van der Waals surface area (Å²) in [6.45, 7) is 15.1. The Kier molecular flexibility index (Phi) is 8.05. The lowest BCUT2D eigenvalue weighted by Gasteiger charge is -2.22. The highest BCUT2D eigenvalue weighted by atomic mass is 35.5. The number of amides is 2. The molecule has 2 aromatic rings. The normalized spacial score (nSPS) is 12.9. The summed E-state index contributed by atoms with van der Waals surface area (Å²) in [5, 5.41) is 6.44. The zero-order valence-electron chi connectivity index (χ0n) is 20.4. The van der Waals surface area contributed by atoms with Gasteiger partial charge < -0.3 is 5.32 Å². The lowest BCUT2D eigenvalue weighted by atomic mass is 9.93. The molecule has 0 saturated heterocycles. The third-order valence-electron chi connectivity index (χ3n) is 5.30. The minimum absolute atomic E-state index is 0.143. The van der Waals surface area contributed by atoms with Gasteiger partial charge in [0.1, 0.15) is 5.82 Å². The molecule has 0 bridgehead atoms. The Morgan fingerprint density at radius 2 is 1.47 bits per heavy atom.